The van der Waals surface area contributed by atoms with Gasteiger partial charge in [-0.2, -0.15) is 0 Å². The van der Waals surface area contributed by atoms with Gasteiger partial charge >= 0.3 is 0 Å². The Morgan fingerprint density at radius 3 is 1.88 bits per heavy atom. The molecular formula is C15H34N2. The molecule has 0 aliphatic rings. The van der Waals surface area contributed by atoms with E-state index in [1.54, 1.807) is 0 Å². The van der Waals surface area contributed by atoms with Crippen LogP contribution >= 0.6 is 0 Å². The Kier molecular flexibility index (Phi) is 6.71. The fourth-order valence-corrected chi connectivity index (χ4v) is 1.92. The van der Waals surface area contributed by atoms with E-state index < -0.39 is 0 Å². The van der Waals surface area contributed by atoms with Crippen LogP contribution in [0.4, 0.5) is 0 Å². The summed E-state index contributed by atoms with van der Waals surface area (Å²) in [4.78, 5) is 0. The summed E-state index contributed by atoms with van der Waals surface area (Å²) in [5, 5.41) is 3.59. The Morgan fingerprint density at radius 1 is 1.00 bits per heavy atom. The topological polar surface area (TPSA) is 38.0 Å². The molecule has 0 saturated heterocycles. The maximum absolute atomic E-state index is 5.84. The van der Waals surface area contributed by atoms with Gasteiger partial charge < -0.3 is 11.1 Å². The van der Waals surface area contributed by atoms with E-state index in [4.69, 9.17) is 5.73 Å². The van der Waals surface area contributed by atoms with Crippen molar-refractivity contribution in [3.8, 4) is 0 Å². The van der Waals surface area contributed by atoms with Crippen LogP contribution < -0.4 is 11.1 Å². The lowest BCUT2D eigenvalue weighted by molar-refractivity contribution is 0.239. The Labute approximate surface area is 109 Å². The average molecular weight is 242 g/mol. The summed E-state index contributed by atoms with van der Waals surface area (Å²) in [5.74, 6) is 1.29. The molecule has 2 nitrogen and oxygen atoms in total. The van der Waals surface area contributed by atoms with E-state index in [9.17, 15) is 0 Å². The zero-order valence-corrected chi connectivity index (χ0v) is 13.1. The van der Waals surface area contributed by atoms with Gasteiger partial charge in [-0.15, -0.1) is 0 Å². The predicted molar refractivity (Wildman–Crippen MR) is 78.1 cm³/mol. The van der Waals surface area contributed by atoms with Crippen LogP contribution in [0.5, 0.6) is 0 Å². The second-order valence-electron chi connectivity index (χ2n) is 7.79. The highest BCUT2D eigenvalue weighted by atomic mass is 14.9. The van der Waals surface area contributed by atoms with Gasteiger partial charge in [0.25, 0.3) is 0 Å². The smallest absolute Gasteiger partial charge is 0.000814 e. The standard InChI is InChI=1S/C15H34N2/c1-12(15(5,6)7)10-17-11-13(9-16)8-14(2,3)4/h12-13,17H,8-11,16H2,1-7H3. The highest BCUT2D eigenvalue weighted by Crippen LogP contribution is 2.25. The molecule has 0 rings (SSSR count). The lowest BCUT2D eigenvalue weighted by atomic mass is 9.81. The number of nitrogens with one attached hydrogen (secondary N) is 1. The van der Waals surface area contributed by atoms with Crippen LogP contribution in [0.3, 0.4) is 0 Å². The van der Waals surface area contributed by atoms with Crippen molar-refractivity contribution in [3.63, 3.8) is 0 Å². The van der Waals surface area contributed by atoms with Gasteiger partial charge in [-0.3, -0.25) is 0 Å². The van der Waals surface area contributed by atoms with Gasteiger partial charge in [-0.05, 0) is 48.7 Å². The van der Waals surface area contributed by atoms with E-state index >= 15 is 0 Å². The van der Waals surface area contributed by atoms with Crippen LogP contribution in [-0.4, -0.2) is 19.6 Å². The molecule has 0 bridgehead atoms. The molecule has 0 spiro atoms. The maximum atomic E-state index is 5.84. The molecule has 17 heavy (non-hydrogen) atoms. The van der Waals surface area contributed by atoms with Crippen molar-refractivity contribution in [2.75, 3.05) is 19.6 Å². The summed E-state index contributed by atoms with van der Waals surface area (Å²) in [6.45, 7) is 19.0. The van der Waals surface area contributed by atoms with Crippen LogP contribution in [0.15, 0.2) is 0 Å². The molecule has 0 aromatic carbocycles. The summed E-state index contributed by atoms with van der Waals surface area (Å²) in [6.07, 6.45) is 1.19. The van der Waals surface area contributed by atoms with Gasteiger partial charge in [-0.1, -0.05) is 48.5 Å². The van der Waals surface area contributed by atoms with Crippen LogP contribution in [-0.2, 0) is 0 Å². The molecule has 2 heteroatoms. The van der Waals surface area contributed by atoms with E-state index in [0.717, 1.165) is 19.6 Å². The van der Waals surface area contributed by atoms with E-state index in [0.29, 0.717) is 22.7 Å². The highest BCUT2D eigenvalue weighted by Gasteiger charge is 2.21. The van der Waals surface area contributed by atoms with Crippen molar-refractivity contribution >= 4 is 0 Å². The van der Waals surface area contributed by atoms with Crippen molar-refractivity contribution in [2.24, 2.45) is 28.4 Å². The molecule has 2 atom stereocenters. The van der Waals surface area contributed by atoms with Crippen molar-refractivity contribution in [2.45, 2.75) is 54.9 Å². The Morgan fingerprint density at radius 2 is 1.53 bits per heavy atom. The molecule has 0 aliphatic carbocycles. The first kappa shape index (κ1) is 16.9. The number of hydrogen-bond donors (Lipinski definition) is 2. The van der Waals surface area contributed by atoms with E-state index in [2.05, 4.69) is 53.8 Å². The molecule has 0 saturated carbocycles. The van der Waals surface area contributed by atoms with E-state index in [-0.39, 0.29) is 0 Å². The van der Waals surface area contributed by atoms with Crippen molar-refractivity contribution < 1.29 is 0 Å². The normalized spacial score (nSPS) is 16.9. The van der Waals surface area contributed by atoms with Gasteiger partial charge in [0.1, 0.15) is 0 Å². The summed E-state index contributed by atoms with van der Waals surface area (Å²) >= 11 is 0. The fraction of sp³-hybridized carbons (Fsp3) is 1.00. The zero-order chi connectivity index (χ0) is 13.7. The maximum Gasteiger partial charge on any atom is -0.000814 e. The fourth-order valence-electron chi connectivity index (χ4n) is 1.92. The Hall–Kier alpha value is -0.0800. The summed E-state index contributed by atoms with van der Waals surface area (Å²) in [5.41, 5.74) is 6.60. The monoisotopic (exact) mass is 242 g/mol. The van der Waals surface area contributed by atoms with Crippen LogP contribution in [0.2, 0.25) is 0 Å². The predicted octanol–water partition coefficient (Wildman–Crippen LogP) is 3.27. The number of nitrogens with two attached hydrogens (primary N) is 1. The van der Waals surface area contributed by atoms with Gasteiger partial charge in [0, 0.05) is 0 Å². The minimum Gasteiger partial charge on any atom is -0.330 e. The molecule has 104 valence electrons. The molecule has 3 N–H and O–H groups in total. The quantitative estimate of drug-likeness (QED) is 0.750. The van der Waals surface area contributed by atoms with Crippen LogP contribution in [0.25, 0.3) is 0 Å². The van der Waals surface area contributed by atoms with Gasteiger partial charge in [0.2, 0.25) is 0 Å². The lowest BCUT2D eigenvalue weighted by Gasteiger charge is -2.29. The second kappa shape index (κ2) is 6.75. The molecular weight excluding hydrogens is 208 g/mol. The van der Waals surface area contributed by atoms with E-state index in [1.807, 2.05) is 0 Å². The molecule has 0 radical (unpaired) electrons. The van der Waals surface area contributed by atoms with E-state index in [1.165, 1.54) is 6.42 Å². The lowest BCUT2D eigenvalue weighted by Crippen LogP contribution is -2.36. The molecule has 0 heterocycles. The Bertz CT molecular complexity index is 198. The first-order chi connectivity index (χ1) is 7.56. The van der Waals surface area contributed by atoms with Crippen LogP contribution in [0.1, 0.15) is 54.9 Å². The van der Waals surface area contributed by atoms with Crippen molar-refractivity contribution in [1.82, 2.24) is 5.32 Å². The first-order valence-electron chi connectivity index (χ1n) is 6.97. The highest BCUT2D eigenvalue weighted by molar-refractivity contribution is 4.75. The molecule has 0 fully saturated rings. The Balaban J connectivity index is 3.93. The molecule has 0 aromatic heterocycles. The molecule has 0 aliphatic heterocycles. The largest absolute Gasteiger partial charge is 0.330 e. The molecule has 0 aromatic rings. The van der Waals surface area contributed by atoms with Gasteiger partial charge in [-0.25, -0.2) is 0 Å². The number of hydrogen-bond acceptors (Lipinski definition) is 2. The molecule has 2 unspecified atom stereocenters. The average Bonchev–Trinajstić information content (AvgIpc) is 2.12. The van der Waals surface area contributed by atoms with Gasteiger partial charge in [0.05, 0.1) is 0 Å². The third-order valence-electron chi connectivity index (χ3n) is 3.60. The minimum atomic E-state index is 0.376. The minimum absolute atomic E-state index is 0.376. The summed E-state index contributed by atoms with van der Waals surface area (Å²) < 4.78 is 0. The third-order valence-corrected chi connectivity index (χ3v) is 3.60. The summed E-state index contributed by atoms with van der Waals surface area (Å²) in [6, 6.07) is 0. The SMILES string of the molecule is CC(CNCC(CN)CC(C)(C)C)C(C)(C)C. The second-order valence-corrected chi connectivity index (χ2v) is 7.79. The summed E-state index contributed by atoms with van der Waals surface area (Å²) in [7, 11) is 0. The van der Waals surface area contributed by atoms with Crippen molar-refractivity contribution in [1.29, 1.82) is 0 Å². The molecule has 0 amide bonds. The zero-order valence-electron chi connectivity index (χ0n) is 13.1. The first-order valence-corrected chi connectivity index (χ1v) is 6.97. The van der Waals surface area contributed by atoms with Crippen LogP contribution in [0, 0.1) is 22.7 Å². The third kappa shape index (κ3) is 8.62. The number of rotatable bonds is 6. The van der Waals surface area contributed by atoms with Gasteiger partial charge in [0.15, 0.2) is 0 Å². The van der Waals surface area contributed by atoms with Crippen molar-refractivity contribution in [3.05, 3.63) is 0 Å².